The number of halogens is 3. The lowest BCUT2D eigenvalue weighted by Crippen LogP contribution is -2.44. The zero-order chi connectivity index (χ0) is 10.7. The maximum Gasteiger partial charge on any atom is 0.0410 e. The fraction of sp³-hybridized carbons (Fsp3) is 0.545. The molecule has 1 aliphatic rings. The Bertz CT molecular complexity index is 332. The molecule has 1 aromatic heterocycles. The summed E-state index contributed by atoms with van der Waals surface area (Å²) in [7, 11) is 0. The lowest BCUT2D eigenvalue weighted by molar-refractivity contribution is 0.185. The second-order valence-corrected chi connectivity index (χ2v) is 4.81. The number of pyridine rings is 1. The van der Waals surface area contributed by atoms with Gasteiger partial charge in [0.2, 0.25) is 0 Å². The van der Waals surface area contributed by atoms with Crippen molar-refractivity contribution in [3.63, 3.8) is 0 Å². The summed E-state index contributed by atoms with van der Waals surface area (Å²) in [5, 5.41) is 3.37. The molecule has 0 aromatic carbocycles. The maximum atomic E-state index is 4.21. The summed E-state index contributed by atoms with van der Waals surface area (Å²) < 4.78 is 1.06. The Labute approximate surface area is 123 Å². The van der Waals surface area contributed by atoms with Crippen molar-refractivity contribution in [3.05, 3.63) is 28.5 Å². The SMILES string of the molecule is C[C@@H](c1cncc(Br)c1)N1CCNCC1.Cl.Cl. The molecule has 0 unspecified atom stereocenters. The highest BCUT2D eigenvalue weighted by Gasteiger charge is 2.17. The smallest absolute Gasteiger partial charge is 0.0410 e. The second kappa shape index (κ2) is 8.27. The Morgan fingerprint density at radius 3 is 2.53 bits per heavy atom. The van der Waals surface area contributed by atoms with Crippen molar-refractivity contribution in [2.45, 2.75) is 13.0 Å². The van der Waals surface area contributed by atoms with E-state index in [0.29, 0.717) is 6.04 Å². The van der Waals surface area contributed by atoms with Crippen LogP contribution in [-0.4, -0.2) is 36.1 Å². The third-order valence-electron chi connectivity index (χ3n) is 2.91. The minimum absolute atomic E-state index is 0. The number of nitrogens with one attached hydrogen (secondary N) is 1. The van der Waals surface area contributed by atoms with Crippen molar-refractivity contribution in [2.75, 3.05) is 26.2 Å². The first-order valence-electron chi connectivity index (χ1n) is 5.32. The average Bonchev–Trinajstić information content (AvgIpc) is 2.29. The van der Waals surface area contributed by atoms with E-state index in [0.717, 1.165) is 30.7 Å². The molecule has 0 bridgehead atoms. The molecule has 1 fully saturated rings. The summed E-state index contributed by atoms with van der Waals surface area (Å²) in [5.74, 6) is 0. The number of hydrogen-bond acceptors (Lipinski definition) is 3. The van der Waals surface area contributed by atoms with Gasteiger partial charge >= 0.3 is 0 Å². The van der Waals surface area contributed by atoms with Crippen molar-refractivity contribution in [1.82, 2.24) is 15.2 Å². The molecule has 98 valence electrons. The Kier molecular flexibility index (Phi) is 8.33. The lowest BCUT2D eigenvalue weighted by Gasteiger charge is -2.32. The summed E-state index contributed by atoms with van der Waals surface area (Å²) in [6.45, 7) is 6.66. The predicted molar refractivity (Wildman–Crippen MR) is 79.3 cm³/mol. The average molecular weight is 343 g/mol. The Hall–Kier alpha value is 0.130. The first-order chi connectivity index (χ1) is 7.27. The Morgan fingerprint density at radius 2 is 1.94 bits per heavy atom. The quantitative estimate of drug-likeness (QED) is 0.895. The van der Waals surface area contributed by atoms with Crippen molar-refractivity contribution in [2.24, 2.45) is 0 Å². The van der Waals surface area contributed by atoms with Crippen LogP contribution in [0, 0.1) is 0 Å². The van der Waals surface area contributed by atoms with Crippen LogP contribution in [0.5, 0.6) is 0 Å². The van der Waals surface area contributed by atoms with Crippen LogP contribution in [-0.2, 0) is 0 Å². The molecule has 1 aliphatic heterocycles. The predicted octanol–water partition coefficient (Wildman–Crippen LogP) is 2.65. The van der Waals surface area contributed by atoms with E-state index in [1.807, 2.05) is 12.4 Å². The van der Waals surface area contributed by atoms with Crippen molar-refractivity contribution < 1.29 is 0 Å². The van der Waals surface area contributed by atoms with Crippen molar-refractivity contribution in [1.29, 1.82) is 0 Å². The summed E-state index contributed by atoms with van der Waals surface area (Å²) >= 11 is 3.46. The van der Waals surface area contributed by atoms with Crippen LogP contribution in [0.2, 0.25) is 0 Å². The van der Waals surface area contributed by atoms with Gasteiger partial charge in [0.1, 0.15) is 0 Å². The van der Waals surface area contributed by atoms with E-state index in [2.05, 4.69) is 44.1 Å². The number of hydrogen-bond donors (Lipinski definition) is 1. The zero-order valence-electron chi connectivity index (χ0n) is 9.73. The van der Waals surface area contributed by atoms with Gasteiger partial charge in [-0.05, 0) is 34.5 Å². The standard InChI is InChI=1S/C11H16BrN3.2ClH/c1-9(15-4-2-13-3-5-15)10-6-11(12)8-14-7-10;;/h6-9,13H,2-5H2,1H3;2*1H/t9-;;/m0../s1. The van der Waals surface area contributed by atoms with Gasteiger partial charge in [-0.3, -0.25) is 9.88 Å². The first kappa shape index (κ1) is 17.1. The fourth-order valence-corrected chi connectivity index (χ4v) is 2.32. The molecule has 2 rings (SSSR count). The third-order valence-corrected chi connectivity index (χ3v) is 3.34. The topological polar surface area (TPSA) is 28.2 Å². The molecule has 0 amide bonds. The molecular formula is C11H18BrCl2N3. The fourth-order valence-electron chi connectivity index (χ4n) is 1.94. The van der Waals surface area contributed by atoms with Gasteiger partial charge < -0.3 is 5.32 Å². The summed E-state index contributed by atoms with van der Waals surface area (Å²) in [4.78, 5) is 6.70. The second-order valence-electron chi connectivity index (χ2n) is 3.90. The molecule has 17 heavy (non-hydrogen) atoms. The zero-order valence-corrected chi connectivity index (χ0v) is 12.9. The van der Waals surface area contributed by atoms with Crippen molar-refractivity contribution in [3.8, 4) is 0 Å². The van der Waals surface area contributed by atoms with Crippen LogP contribution >= 0.6 is 40.7 Å². The summed E-state index contributed by atoms with van der Waals surface area (Å²) in [5.41, 5.74) is 1.28. The van der Waals surface area contributed by atoms with Crippen LogP contribution in [0.4, 0.5) is 0 Å². The van der Waals surface area contributed by atoms with E-state index >= 15 is 0 Å². The minimum Gasteiger partial charge on any atom is -0.314 e. The Morgan fingerprint density at radius 1 is 1.29 bits per heavy atom. The minimum atomic E-state index is 0. The van der Waals surface area contributed by atoms with Crippen molar-refractivity contribution >= 4 is 40.7 Å². The lowest BCUT2D eigenvalue weighted by atomic mass is 10.1. The third kappa shape index (κ3) is 4.72. The molecular weight excluding hydrogens is 325 g/mol. The monoisotopic (exact) mass is 341 g/mol. The maximum absolute atomic E-state index is 4.21. The number of piperazine rings is 1. The van der Waals surface area contributed by atoms with Crippen LogP contribution in [0.25, 0.3) is 0 Å². The molecule has 1 N–H and O–H groups in total. The van der Waals surface area contributed by atoms with Gasteiger partial charge in [-0.25, -0.2) is 0 Å². The van der Waals surface area contributed by atoms with Gasteiger partial charge in [-0.15, -0.1) is 24.8 Å². The highest BCUT2D eigenvalue weighted by molar-refractivity contribution is 9.10. The van der Waals surface area contributed by atoms with Gasteiger partial charge in [0.05, 0.1) is 0 Å². The molecule has 1 saturated heterocycles. The van der Waals surface area contributed by atoms with Gasteiger partial charge in [-0.2, -0.15) is 0 Å². The molecule has 0 aliphatic carbocycles. The normalized spacial score (nSPS) is 17.8. The highest BCUT2D eigenvalue weighted by atomic mass is 79.9. The van der Waals surface area contributed by atoms with Gasteiger partial charge in [-0.1, -0.05) is 0 Å². The number of nitrogens with zero attached hydrogens (tertiary/aromatic N) is 2. The van der Waals surface area contributed by atoms with E-state index < -0.39 is 0 Å². The van der Waals surface area contributed by atoms with Crippen LogP contribution in [0.15, 0.2) is 22.9 Å². The largest absolute Gasteiger partial charge is 0.314 e. The molecule has 0 spiro atoms. The van der Waals surface area contributed by atoms with Gasteiger partial charge in [0.15, 0.2) is 0 Å². The molecule has 3 nitrogen and oxygen atoms in total. The molecule has 2 heterocycles. The number of aromatic nitrogens is 1. The molecule has 0 radical (unpaired) electrons. The van der Waals surface area contributed by atoms with Crippen LogP contribution in [0.1, 0.15) is 18.5 Å². The highest BCUT2D eigenvalue weighted by Crippen LogP contribution is 2.22. The van der Waals surface area contributed by atoms with E-state index in [1.54, 1.807) is 0 Å². The van der Waals surface area contributed by atoms with E-state index in [1.165, 1.54) is 5.56 Å². The van der Waals surface area contributed by atoms with Crippen LogP contribution < -0.4 is 5.32 Å². The molecule has 0 saturated carbocycles. The summed E-state index contributed by atoms with van der Waals surface area (Å²) in [6, 6.07) is 2.61. The van der Waals surface area contributed by atoms with Gasteiger partial charge in [0, 0.05) is 49.1 Å². The Balaban J connectivity index is 0.00000128. The summed E-state index contributed by atoms with van der Waals surface area (Å²) in [6.07, 6.45) is 3.78. The number of rotatable bonds is 2. The van der Waals surface area contributed by atoms with E-state index in [9.17, 15) is 0 Å². The van der Waals surface area contributed by atoms with Gasteiger partial charge in [0.25, 0.3) is 0 Å². The van der Waals surface area contributed by atoms with E-state index in [4.69, 9.17) is 0 Å². The molecule has 1 aromatic rings. The van der Waals surface area contributed by atoms with E-state index in [-0.39, 0.29) is 24.8 Å². The molecule has 1 atom stereocenters. The first-order valence-corrected chi connectivity index (χ1v) is 6.12. The van der Waals surface area contributed by atoms with Crippen LogP contribution in [0.3, 0.4) is 0 Å². The molecule has 6 heteroatoms.